The summed E-state index contributed by atoms with van der Waals surface area (Å²) in [6.45, 7) is 5.43. The molecule has 3 rings (SSSR count). The van der Waals surface area contributed by atoms with Gasteiger partial charge in [-0.1, -0.05) is 19.9 Å². The Kier molecular flexibility index (Phi) is 5.07. The summed E-state index contributed by atoms with van der Waals surface area (Å²) in [5, 5.41) is 3.02. The third-order valence-electron chi connectivity index (χ3n) is 4.40. The van der Waals surface area contributed by atoms with Gasteiger partial charge in [-0.3, -0.25) is 9.59 Å². The van der Waals surface area contributed by atoms with Crippen molar-refractivity contribution in [3.8, 4) is 5.75 Å². The van der Waals surface area contributed by atoms with Gasteiger partial charge in [0.05, 0.1) is 6.61 Å². The highest BCUT2D eigenvalue weighted by molar-refractivity contribution is 5.98. The fraction of sp³-hybridized carbons (Fsp3) is 0.579. The van der Waals surface area contributed by atoms with Crippen molar-refractivity contribution >= 4 is 11.8 Å². The number of rotatable bonds is 6. The average molecular weight is 330 g/mol. The second-order valence-corrected chi connectivity index (χ2v) is 7.17. The summed E-state index contributed by atoms with van der Waals surface area (Å²) >= 11 is 0. The van der Waals surface area contributed by atoms with E-state index in [0.29, 0.717) is 36.4 Å². The first-order chi connectivity index (χ1) is 11.5. The van der Waals surface area contributed by atoms with Gasteiger partial charge in [-0.25, -0.2) is 0 Å². The van der Waals surface area contributed by atoms with Gasteiger partial charge >= 0.3 is 0 Å². The smallest absolute Gasteiger partial charge is 0.254 e. The average Bonchev–Trinajstić information content (AvgIpc) is 3.24. The predicted octanol–water partition coefficient (Wildman–Crippen LogP) is 2.60. The van der Waals surface area contributed by atoms with Crippen LogP contribution in [0.5, 0.6) is 5.75 Å². The molecule has 5 nitrogen and oxygen atoms in total. The highest BCUT2D eigenvalue weighted by Gasteiger charge is 2.36. The van der Waals surface area contributed by atoms with Crippen molar-refractivity contribution in [3.63, 3.8) is 0 Å². The molecule has 24 heavy (non-hydrogen) atoms. The number of nitrogens with one attached hydrogen (secondary N) is 1. The third kappa shape index (κ3) is 4.08. The molecule has 1 atom stereocenters. The first-order valence-electron chi connectivity index (χ1n) is 8.89. The maximum absolute atomic E-state index is 12.8. The molecule has 0 spiro atoms. The molecule has 1 aromatic carbocycles. The molecular formula is C19H26N2O3. The minimum absolute atomic E-state index is 0.00411. The zero-order valence-corrected chi connectivity index (χ0v) is 14.5. The zero-order chi connectivity index (χ0) is 17.1. The lowest BCUT2D eigenvalue weighted by atomic mass is 10.1. The van der Waals surface area contributed by atoms with E-state index in [9.17, 15) is 9.59 Å². The van der Waals surface area contributed by atoms with E-state index < -0.39 is 0 Å². The van der Waals surface area contributed by atoms with E-state index in [1.165, 1.54) is 0 Å². The number of amides is 2. The molecule has 1 N–H and O–H groups in total. The van der Waals surface area contributed by atoms with Crippen molar-refractivity contribution in [3.05, 3.63) is 29.8 Å². The van der Waals surface area contributed by atoms with Gasteiger partial charge in [0.1, 0.15) is 11.8 Å². The number of hydrogen-bond donors (Lipinski definition) is 1. The molecule has 0 bridgehead atoms. The molecule has 1 aliphatic carbocycles. The molecule has 5 heteroatoms. The Labute approximate surface area is 143 Å². The second kappa shape index (κ2) is 7.24. The SMILES string of the molecule is CC(C)COc1cccc(C(=O)N2CCCC2C(=O)NC2CC2)c1. The number of likely N-dealkylation sites (tertiary alicyclic amines) is 1. The molecule has 1 aliphatic heterocycles. The summed E-state index contributed by atoms with van der Waals surface area (Å²) in [5.41, 5.74) is 0.586. The minimum atomic E-state index is -0.335. The summed E-state index contributed by atoms with van der Waals surface area (Å²) in [4.78, 5) is 26.9. The Bertz CT molecular complexity index is 610. The molecule has 0 radical (unpaired) electrons. The van der Waals surface area contributed by atoms with Crippen molar-refractivity contribution in [1.29, 1.82) is 0 Å². The van der Waals surface area contributed by atoms with Gasteiger partial charge in [-0.15, -0.1) is 0 Å². The molecule has 0 aromatic heterocycles. The molecule has 130 valence electrons. The van der Waals surface area contributed by atoms with E-state index in [4.69, 9.17) is 4.74 Å². The zero-order valence-electron chi connectivity index (χ0n) is 14.5. The molecule has 2 fully saturated rings. The summed E-state index contributed by atoms with van der Waals surface area (Å²) in [6.07, 6.45) is 3.73. The van der Waals surface area contributed by atoms with Gasteiger partial charge in [0.15, 0.2) is 0 Å². The summed E-state index contributed by atoms with van der Waals surface area (Å²) in [5.74, 6) is 1.04. The number of carbonyl (C=O) groups excluding carboxylic acids is 2. The number of hydrogen-bond acceptors (Lipinski definition) is 3. The second-order valence-electron chi connectivity index (χ2n) is 7.17. The monoisotopic (exact) mass is 330 g/mol. The van der Waals surface area contributed by atoms with Crippen molar-refractivity contribution in [2.24, 2.45) is 5.92 Å². The first-order valence-corrected chi connectivity index (χ1v) is 8.89. The van der Waals surface area contributed by atoms with Crippen LogP contribution in [0.4, 0.5) is 0 Å². The fourth-order valence-electron chi connectivity index (χ4n) is 2.96. The van der Waals surface area contributed by atoms with Crippen molar-refractivity contribution < 1.29 is 14.3 Å². The van der Waals surface area contributed by atoms with Crippen molar-refractivity contribution in [1.82, 2.24) is 10.2 Å². The Morgan fingerprint density at radius 1 is 1.29 bits per heavy atom. The van der Waals surface area contributed by atoms with Crippen LogP contribution in [0, 0.1) is 5.92 Å². The highest BCUT2D eigenvalue weighted by Crippen LogP contribution is 2.24. The molecule has 2 amide bonds. The van der Waals surface area contributed by atoms with Crippen LogP contribution in [0.15, 0.2) is 24.3 Å². The van der Waals surface area contributed by atoms with Crippen LogP contribution in [0.3, 0.4) is 0 Å². The summed E-state index contributed by atoms with van der Waals surface area (Å²) < 4.78 is 5.71. The van der Waals surface area contributed by atoms with Crippen LogP contribution in [-0.2, 0) is 4.79 Å². The Balaban J connectivity index is 1.68. The van der Waals surface area contributed by atoms with Crippen molar-refractivity contribution in [2.45, 2.75) is 51.6 Å². The van der Waals surface area contributed by atoms with E-state index >= 15 is 0 Å². The largest absolute Gasteiger partial charge is 0.493 e. The lowest BCUT2D eigenvalue weighted by Crippen LogP contribution is -2.46. The van der Waals surface area contributed by atoms with Gasteiger partial charge in [-0.05, 0) is 49.8 Å². The number of nitrogens with zero attached hydrogens (tertiary/aromatic N) is 1. The van der Waals surface area contributed by atoms with Gasteiger partial charge < -0.3 is 15.0 Å². The highest BCUT2D eigenvalue weighted by atomic mass is 16.5. The predicted molar refractivity (Wildman–Crippen MR) is 92.0 cm³/mol. The maximum Gasteiger partial charge on any atom is 0.254 e. The molecule has 1 aromatic rings. The summed E-state index contributed by atoms with van der Waals surface area (Å²) in [7, 11) is 0. The van der Waals surface area contributed by atoms with Crippen LogP contribution in [0.2, 0.25) is 0 Å². The lowest BCUT2D eigenvalue weighted by Gasteiger charge is -2.24. The Hall–Kier alpha value is -2.04. The summed E-state index contributed by atoms with van der Waals surface area (Å²) in [6, 6.07) is 7.25. The van der Waals surface area contributed by atoms with Crippen LogP contribution in [0.25, 0.3) is 0 Å². The van der Waals surface area contributed by atoms with Gasteiger partial charge in [0.2, 0.25) is 5.91 Å². The topological polar surface area (TPSA) is 58.6 Å². The molecular weight excluding hydrogens is 304 g/mol. The molecule has 1 heterocycles. The van der Waals surface area contributed by atoms with Crippen LogP contribution in [0.1, 0.15) is 49.9 Å². The Morgan fingerprint density at radius 2 is 2.08 bits per heavy atom. The van der Waals surface area contributed by atoms with E-state index in [1.807, 2.05) is 12.1 Å². The van der Waals surface area contributed by atoms with E-state index in [2.05, 4.69) is 19.2 Å². The molecule has 1 saturated carbocycles. The molecule has 1 unspecified atom stereocenters. The van der Waals surface area contributed by atoms with Crippen LogP contribution in [-0.4, -0.2) is 41.9 Å². The van der Waals surface area contributed by atoms with E-state index in [0.717, 1.165) is 25.7 Å². The Morgan fingerprint density at radius 3 is 2.79 bits per heavy atom. The number of ether oxygens (including phenoxy) is 1. The maximum atomic E-state index is 12.8. The first kappa shape index (κ1) is 16.8. The lowest BCUT2D eigenvalue weighted by molar-refractivity contribution is -0.125. The van der Waals surface area contributed by atoms with Gasteiger partial charge in [0, 0.05) is 18.2 Å². The van der Waals surface area contributed by atoms with E-state index in [-0.39, 0.29) is 17.9 Å². The molecule has 2 aliphatic rings. The van der Waals surface area contributed by atoms with Gasteiger partial charge in [-0.2, -0.15) is 0 Å². The van der Waals surface area contributed by atoms with E-state index in [1.54, 1.807) is 17.0 Å². The van der Waals surface area contributed by atoms with Crippen molar-refractivity contribution in [2.75, 3.05) is 13.2 Å². The fourth-order valence-corrected chi connectivity index (χ4v) is 2.96. The van der Waals surface area contributed by atoms with Crippen LogP contribution < -0.4 is 10.1 Å². The quantitative estimate of drug-likeness (QED) is 0.872. The van der Waals surface area contributed by atoms with Gasteiger partial charge in [0.25, 0.3) is 5.91 Å². The normalized spacial score (nSPS) is 20.3. The molecule has 1 saturated heterocycles. The van der Waals surface area contributed by atoms with Crippen LogP contribution >= 0.6 is 0 Å². The third-order valence-corrected chi connectivity index (χ3v) is 4.40. The number of carbonyl (C=O) groups is 2. The number of benzene rings is 1. The standard InChI is InChI=1S/C19H26N2O3/c1-13(2)12-24-16-6-3-5-14(11-16)19(23)21-10-4-7-17(21)18(22)20-15-8-9-15/h3,5-6,11,13,15,17H,4,7-10,12H2,1-2H3,(H,20,22). The minimum Gasteiger partial charge on any atom is -0.493 e.